The number of aliphatic hydroxyl groups is 1. The van der Waals surface area contributed by atoms with Crippen LogP contribution in [0, 0.1) is 0 Å². The Kier molecular flexibility index (Phi) is 3.70. The molecule has 1 N–H and O–H groups in total. The second kappa shape index (κ2) is 4.85. The van der Waals surface area contributed by atoms with Gasteiger partial charge in [-0.15, -0.1) is 0 Å². The van der Waals surface area contributed by atoms with Gasteiger partial charge in [-0.3, -0.25) is 4.98 Å². The highest BCUT2D eigenvalue weighted by atomic mass is 16.5. The highest BCUT2D eigenvalue weighted by molar-refractivity contribution is 5.12. The van der Waals surface area contributed by atoms with Gasteiger partial charge >= 0.3 is 0 Å². The molecule has 0 aliphatic carbocycles. The van der Waals surface area contributed by atoms with Crippen LogP contribution in [0.3, 0.4) is 0 Å². The molecule has 0 aromatic carbocycles. The predicted octanol–water partition coefficient (Wildman–Crippen LogP) is 1.15. The molecule has 0 aliphatic rings. The molecule has 0 bridgehead atoms. The zero-order valence-electron chi connectivity index (χ0n) is 7.10. The van der Waals surface area contributed by atoms with Crippen LogP contribution < -0.4 is 0 Å². The van der Waals surface area contributed by atoms with Crippen molar-refractivity contribution in [3.63, 3.8) is 0 Å². The lowest BCUT2D eigenvalue weighted by atomic mass is 10.2. The highest BCUT2D eigenvalue weighted by Crippen LogP contribution is 2.10. The summed E-state index contributed by atoms with van der Waals surface area (Å²) < 4.78 is 5.08. The average molecular weight is 167 g/mol. The van der Waals surface area contributed by atoms with Crippen molar-refractivity contribution < 1.29 is 9.84 Å². The van der Waals surface area contributed by atoms with Crippen LogP contribution in [0.15, 0.2) is 24.5 Å². The summed E-state index contributed by atoms with van der Waals surface area (Å²) in [6.07, 6.45) is 2.78. The Morgan fingerprint density at radius 3 is 2.75 bits per heavy atom. The first-order valence-electron chi connectivity index (χ1n) is 4.00. The third kappa shape index (κ3) is 2.60. The van der Waals surface area contributed by atoms with E-state index in [0.29, 0.717) is 13.2 Å². The number of ether oxygens (including phenoxy) is 1. The van der Waals surface area contributed by atoms with Gasteiger partial charge in [-0.25, -0.2) is 0 Å². The molecule has 66 valence electrons. The Morgan fingerprint density at radius 2 is 2.17 bits per heavy atom. The van der Waals surface area contributed by atoms with Crippen LogP contribution in [0.2, 0.25) is 0 Å². The summed E-state index contributed by atoms with van der Waals surface area (Å²) in [6.45, 7) is 2.88. The third-order valence-corrected chi connectivity index (χ3v) is 1.57. The van der Waals surface area contributed by atoms with E-state index in [1.807, 2.05) is 6.92 Å². The molecule has 3 heteroatoms. The van der Waals surface area contributed by atoms with Crippen molar-refractivity contribution in [2.24, 2.45) is 0 Å². The van der Waals surface area contributed by atoms with Gasteiger partial charge in [-0.05, 0) is 24.6 Å². The quantitative estimate of drug-likeness (QED) is 0.731. The predicted molar refractivity (Wildman–Crippen MR) is 45.7 cm³/mol. The molecule has 1 rings (SSSR count). The molecule has 0 amide bonds. The fourth-order valence-corrected chi connectivity index (χ4v) is 0.911. The normalized spacial score (nSPS) is 12.8. The topological polar surface area (TPSA) is 42.4 Å². The van der Waals surface area contributed by atoms with Gasteiger partial charge in [0.1, 0.15) is 6.10 Å². The van der Waals surface area contributed by atoms with Gasteiger partial charge in [0, 0.05) is 19.0 Å². The molecule has 0 radical (unpaired) electrons. The van der Waals surface area contributed by atoms with Crippen LogP contribution in [0.25, 0.3) is 0 Å². The molecule has 1 heterocycles. The summed E-state index contributed by atoms with van der Waals surface area (Å²) >= 11 is 0. The first-order valence-corrected chi connectivity index (χ1v) is 4.00. The molecule has 0 saturated heterocycles. The molecule has 1 aromatic rings. The molecule has 1 aromatic heterocycles. The van der Waals surface area contributed by atoms with Crippen molar-refractivity contribution in [2.45, 2.75) is 13.0 Å². The molecule has 1 unspecified atom stereocenters. The van der Waals surface area contributed by atoms with Crippen molar-refractivity contribution in [1.82, 2.24) is 4.98 Å². The lowest BCUT2D eigenvalue weighted by Crippen LogP contribution is -2.06. The van der Waals surface area contributed by atoms with Crippen LogP contribution in [0.5, 0.6) is 0 Å². The van der Waals surface area contributed by atoms with Gasteiger partial charge in [0.15, 0.2) is 0 Å². The van der Waals surface area contributed by atoms with Gasteiger partial charge in [0.05, 0.1) is 6.61 Å². The Morgan fingerprint density at radius 1 is 1.50 bits per heavy atom. The number of hydrogen-bond donors (Lipinski definition) is 1. The van der Waals surface area contributed by atoms with Crippen molar-refractivity contribution in [3.8, 4) is 0 Å². The summed E-state index contributed by atoms with van der Waals surface area (Å²) in [5.41, 5.74) is 0.846. The minimum atomic E-state index is -0.534. The summed E-state index contributed by atoms with van der Waals surface area (Å²) in [5, 5.41) is 9.50. The summed E-state index contributed by atoms with van der Waals surface area (Å²) in [7, 11) is 0. The number of rotatable bonds is 4. The van der Waals surface area contributed by atoms with E-state index < -0.39 is 6.10 Å². The maximum absolute atomic E-state index is 9.50. The van der Waals surface area contributed by atoms with E-state index in [1.54, 1.807) is 24.5 Å². The fourth-order valence-electron chi connectivity index (χ4n) is 0.911. The number of hydrogen-bond acceptors (Lipinski definition) is 3. The van der Waals surface area contributed by atoms with Gasteiger partial charge in [-0.1, -0.05) is 0 Å². The largest absolute Gasteiger partial charge is 0.386 e. The summed E-state index contributed by atoms with van der Waals surface area (Å²) in [4.78, 5) is 3.86. The first-order chi connectivity index (χ1) is 5.84. The molecule has 0 saturated carbocycles. The molecule has 0 aliphatic heterocycles. The second-order valence-electron chi connectivity index (χ2n) is 2.46. The minimum Gasteiger partial charge on any atom is -0.386 e. The van der Waals surface area contributed by atoms with E-state index in [-0.39, 0.29) is 0 Å². The van der Waals surface area contributed by atoms with Crippen LogP contribution in [0.1, 0.15) is 18.6 Å². The average Bonchev–Trinajstić information content (AvgIpc) is 2.15. The van der Waals surface area contributed by atoms with Crippen molar-refractivity contribution in [3.05, 3.63) is 30.1 Å². The van der Waals surface area contributed by atoms with E-state index in [1.165, 1.54) is 0 Å². The Labute approximate surface area is 72.0 Å². The lowest BCUT2D eigenvalue weighted by Gasteiger charge is -2.09. The number of aromatic nitrogens is 1. The van der Waals surface area contributed by atoms with Gasteiger partial charge in [0.25, 0.3) is 0 Å². The monoisotopic (exact) mass is 167 g/mol. The molecule has 3 nitrogen and oxygen atoms in total. The maximum Gasteiger partial charge on any atom is 0.102 e. The molecule has 12 heavy (non-hydrogen) atoms. The van der Waals surface area contributed by atoms with Gasteiger partial charge in [0.2, 0.25) is 0 Å². The SMILES string of the molecule is CCOCC(O)c1ccncc1. The molecular weight excluding hydrogens is 154 g/mol. The zero-order chi connectivity index (χ0) is 8.81. The Bertz CT molecular complexity index is 213. The lowest BCUT2D eigenvalue weighted by molar-refractivity contribution is 0.0420. The Hall–Kier alpha value is -0.930. The van der Waals surface area contributed by atoms with Crippen LogP contribution in [-0.2, 0) is 4.74 Å². The minimum absolute atomic E-state index is 0.348. The summed E-state index contributed by atoms with van der Waals surface area (Å²) in [5.74, 6) is 0. The van der Waals surface area contributed by atoms with E-state index in [0.717, 1.165) is 5.56 Å². The highest BCUT2D eigenvalue weighted by Gasteiger charge is 2.05. The molecule has 1 atom stereocenters. The first kappa shape index (κ1) is 9.16. The van der Waals surface area contributed by atoms with Gasteiger partial charge < -0.3 is 9.84 Å². The maximum atomic E-state index is 9.50. The fraction of sp³-hybridized carbons (Fsp3) is 0.444. The standard InChI is InChI=1S/C9H13NO2/c1-2-12-7-9(11)8-3-5-10-6-4-8/h3-6,9,11H,2,7H2,1H3. The van der Waals surface area contributed by atoms with Crippen molar-refractivity contribution >= 4 is 0 Å². The van der Waals surface area contributed by atoms with Gasteiger partial charge in [-0.2, -0.15) is 0 Å². The van der Waals surface area contributed by atoms with Crippen LogP contribution in [0.4, 0.5) is 0 Å². The van der Waals surface area contributed by atoms with E-state index in [9.17, 15) is 5.11 Å². The summed E-state index contributed by atoms with van der Waals surface area (Å²) in [6, 6.07) is 3.56. The van der Waals surface area contributed by atoms with E-state index in [4.69, 9.17) is 4.74 Å². The van der Waals surface area contributed by atoms with Crippen molar-refractivity contribution in [2.75, 3.05) is 13.2 Å². The third-order valence-electron chi connectivity index (χ3n) is 1.57. The molecular formula is C9H13NO2. The smallest absolute Gasteiger partial charge is 0.102 e. The Balaban J connectivity index is 2.48. The van der Waals surface area contributed by atoms with Crippen LogP contribution in [-0.4, -0.2) is 23.3 Å². The second-order valence-corrected chi connectivity index (χ2v) is 2.46. The van der Waals surface area contributed by atoms with E-state index >= 15 is 0 Å². The van der Waals surface area contributed by atoms with Crippen LogP contribution >= 0.6 is 0 Å². The molecule has 0 spiro atoms. The number of pyridine rings is 1. The molecule has 0 fully saturated rings. The van der Waals surface area contributed by atoms with E-state index in [2.05, 4.69) is 4.98 Å². The number of aliphatic hydroxyl groups excluding tert-OH is 1. The van der Waals surface area contributed by atoms with Crippen molar-refractivity contribution in [1.29, 1.82) is 0 Å². The zero-order valence-corrected chi connectivity index (χ0v) is 7.10. The number of nitrogens with zero attached hydrogens (tertiary/aromatic N) is 1.